The van der Waals surface area contributed by atoms with Gasteiger partial charge in [-0.2, -0.15) is 12.1 Å². The molecule has 0 heterocycles. The van der Waals surface area contributed by atoms with Crippen LogP contribution in [0.3, 0.4) is 0 Å². The van der Waals surface area contributed by atoms with Crippen LogP contribution < -0.4 is 0 Å². The predicted molar refractivity (Wildman–Crippen MR) is 57.7 cm³/mol. The Kier molecular flexibility index (Phi) is 4.60. The molecule has 0 saturated heterocycles. The molecule has 6 heteroatoms. The summed E-state index contributed by atoms with van der Waals surface area (Å²) in [5.41, 5.74) is 0. The van der Waals surface area contributed by atoms with E-state index < -0.39 is 16.0 Å². The highest BCUT2D eigenvalue weighted by Gasteiger charge is 2.31. The maximum atomic E-state index is 5.79. The Bertz CT molecular complexity index is 123. The molecule has 0 aliphatic heterocycles. The van der Waals surface area contributed by atoms with Crippen LogP contribution in [0.4, 0.5) is 0 Å². The van der Waals surface area contributed by atoms with Gasteiger partial charge in [0.15, 0.2) is 0 Å². The minimum Gasteiger partial charge on any atom is -0.437 e. The molecule has 0 amide bonds. The summed E-state index contributed by atoms with van der Waals surface area (Å²) in [6.45, 7) is 10.3. The second-order valence-corrected chi connectivity index (χ2v) is 14.2. The van der Waals surface area contributed by atoms with Crippen LogP contribution in [-0.2, 0) is 8.23 Å². The molecule has 0 aromatic rings. The number of rotatable bonds is 4. The van der Waals surface area contributed by atoms with Crippen LogP contribution in [0.25, 0.3) is 0 Å². The average molecular weight is 225 g/mol. The highest BCUT2D eigenvalue weighted by Crippen LogP contribution is 2.17. The fourth-order valence-corrected chi connectivity index (χ4v) is 10.2. The molecule has 0 aromatic carbocycles. The summed E-state index contributed by atoms with van der Waals surface area (Å²) in [6, 6.07) is 0. The van der Waals surface area contributed by atoms with Gasteiger partial charge in [0.05, 0.1) is 0 Å². The molecule has 0 aliphatic carbocycles. The minimum absolute atomic E-state index is 0.520. The van der Waals surface area contributed by atoms with Crippen LogP contribution in [0.1, 0.15) is 0 Å². The van der Waals surface area contributed by atoms with Gasteiger partial charge in [0.25, 0.3) is 0 Å². The lowest BCUT2D eigenvalue weighted by Gasteiger charge is -2.29. The van der Waals surface area contributed by atoms with E-state index in [1.54, 1.807) is 0 Å². The van der Waals surface area contributed by atoms with E-state index in [4.69, 9.17) is 8.23 Å². The molecule has 0 rings (SSSR count). The Hall–Kier alpha value is 0.921. The molecule has 0 fully saturated rings. The highest BCUT2D eigenvalue weighted by molar-refractivity contribution is 8.13. The van der Waals surface area contributed by atoms with Crippen molar-refractivity contribution in [1.29, 1.82) is 0 Å². The van der Waals surface area contributed by atoms with Gasteiger partial charge in [-0.25, -0.2) is 0 Å². The van der Waals surface area contributed by atoms with Gasteiger partial charge in [-0.1, -0.05) is 0 Å². The largest absolute Gasteiger partial charge is 0.437 e. The molecule has 2 radical (unpaired) electrons. The first-order valence-corrected chi connectivity index (χ1v) is 12.0. The van der Waals surface area contributed by atoms with Crippen molar-refractivity contribution in [3.63, 3.8) is 0 Å². The standard InChI is InChI=1S/C5H16O2SSi3/c1-9-6-10(2,3)7-11(4,5)8/h8H,1-5H3. The number of thiol groups is 1. The summed E-state index contributed by atoms with van der Waals surface area (Å²) in [5, 5.41) is 0. The molecule has 0 N–H and O–H groups in total. The Morgan fingerprint density at radius 2 is 1.64 bits per heavy atom. The number of hydrogen-bond acceptors (Lipinski definition) is 3. The molecule has 0 bridgehead atoms. The zero-order valence-electron chi connectivity index (χ0n) is 7.76. The molecular weight excluding hydrogens is 208 g/mol. The van der Waals surface area contributed by atoms with Crippen molar-refractivity contribution < 1.29 is 8.23 Å². The van der Waals surface area contributed by atoms with Crippen molar-refractivity contribution in [1.82, 2.24) is 0 Å². The van der Waals surface area contributed by atoms with Gasteiger partial charge in [0, 0.05) is 0 Å². The lowest BCUT2D eigenvalue weighted by Crippen LogP contribution is -2.44. The summed E-state index contributed by atoms with van der Waals surface area (Å²) in [6.07, 6.45) is 0. The van der Waals surface area contributed by atoms with Crippen LogP contribution in [0, 0.1) is 0 Å². The Morgan fingerprint density at radius 3 is 1.91 bits per heavy atom. The van der Waals surface area contributed by atoms with E-state index in [1.807, 2.05) is 6.55 Å². The van der Waals surface area contributed by atoms with Gasteiger partial charge in [-0.3, -0.25) is 0 Å². The second-order valence-electron chi connectivity index (χ2n) is 3.25. The monoisotopic (exact) mass is 224 g/mol. The zero-order chi connectivity index (χ0) is 9.12. The van der Waals surface area contributed by atoms with Crippen LogP contribution >= 0.6 is 12.1 Å². The quantitative estimate of drug-likeness (QED) is 0.582. The summed E-state index contributed by atoms with van der Waals surface area (Å²) >= 11 is 4.42. The topological polar surface area (TPSA) is 18.5 Å². The SMILES string of the molecule is C[Si]O[Si](C)(C)O[Si](C)(C)S. The minimum atomic E-state index is -1.84. The van der Waals surface area contributed by atoms with Crippen LogP contribution in [0.15, 0.2) is 0 Å². The van der Waals surface area contributed by atoms with Gasteiger partial charge in [-0.05, 0) is 32.7 Å². The molecule has 2 nitrogen and oxygen atoms in total. The summed E-state index contributed by atoms with van der Waals surface area (Å²) in [4.78, 5) is 0. The van der Waals surface area contributed by atoms with Crippen molar-refractivity contribution in [3.05, 3.63) is 0 Å². The van der Waals surface area contributed by atoms with Crippen molar-refractivity contribution in [2.24, 2.45) is 0 Å². The van der Waals surface area contributed by atoms with E-state index in [9.17, 15) is 0 Å². The Balaban J connectivity index is 3.91. The fourth-order valence-electron chi connectivity index (χ4n) is 0.868. The van der Waals surface area contributed by atoms with Crippen molar-refractivity contribution in [2.75, 3.05) is 0 Å². The summed E-state index contributed by atoms with van der Waals surface area (Å²) < 4.78 is 11.3. The Morgan fingerprint density at radius 1 is 1.18 bits per heavy atom. The smallest absolute Gasteiger partial charge is 0.311 e. The highest BCUT2D eigenvalue weighted by atomic mass is 32.3. The molecule has 66 valence electrons. The van der Waals surface area contributed by atoms with Crippen molar-refractivity contribution in [2.45, 2.75) is 32.7 Å². The fraction of sp³-hybridized carbons (Fsp3) is 1.00. The first-order valence-electron chi connectivity index (χ1n) is 3.54. The summed E-state index contributed by atoms with van der Waals surface area (Å²) in [5.74, 6) is 0. The van der Waals surface area contributed by atoms with Crippen LogP contribution in [-0.4, -0.2) is 25.8 Å². The van der Waals surface area contributed by atoms with E-state index in [0.29, 0.717) is 9.76 Å². The number of hydrogen-bond donors (Lipinski definition) is 1. The van der Waals surface area contributed by atoms with E-state index in [2.05, 4.69) is 38.3 Å². The molecule has 0 atom stereocenters. The van der Waals surface area contributed by atoms with Gasteiger partial charge >= 0.3 is 8.56 Å². The first kappa shape index (κ1) is 11.9. The van der Waals surface area contributed by atoms with Gasteiger partial charge in [0.1, 0.15) is 0 Å². The van der Waals surface area contributed by atoms with E-state index >= 15 is 0 Å². The van der Waals surface area contributed by atoms with Gasteiger partial charge in [0.2, 0.25) is 17.2 Å². The van der Waals surface area contributed by atoms with E-state index in [-0.39, 0.29) is 0 Å². The molecule has 0 aromatic heterocycles. The average Bonchev–Trinajstić information content (AvgIpc) is 1.55. The molecule has 0 saturated carbocycles. The third-order valence-electron chi connectivity index (χ3n) is 0.843. The van der Waals surface area contributed by atoms with Gasteiger partial charge in [-0.15, -0.1) is 0 Å². The van der Waals surface area contributed by atoms with Crippen molar-refractivity contribution in [3.8, 4) is 0 Å². The third-order valence-corrected chi connectivity index (χ3v) is 8.41. The molecule has 0 unspecified atom stereocenters. The predicted octanol–water partition coefficient (Wildman–Crippen LogP) is 2.02. The maximum Gasteiger partial charge on any atom is 0.311 e. The third kappa shape index (κ3) is 7.29. The first-order chi connectivity index (χ1) is 4.77. The lowest BCUT2D eigenvalue weighted by molar-refractivity contribution is 0.420. The molecule has 0 aliphatic rings. The lowest BCUT2D eigenvalue weighted by atomic mass is 11.9. The summed E-state index contributed by atoms with van der Waals surface area (Å²) in [7, 11) is -3.02. The second kappa shape index (κ2) is 4.24. The normalized spacial score (nSPS) is 13.6. The van der Waals surface area contributed by atoms with Crippen molar-refractivity contribution >= 4 is 37.9 Å². The van der Waals surface area contributed by atoms with E-state index in [0.717, 1.165) is 0 Å². The zero-order valence-corrected chi connectivity index (χ0v) is 11.7. The maximum absolute atomic E-state index is 5.79. The van der Waals surface area contributed by atoms with Crippen LogP contribution in [0.2, 0.25) is 32.7 Å². The van der Waals surface area contributed by atoms with Gasteiger partial charge < -0.3 is 8.23 Å². The Labute approximate surface area is 79.1 Å². The van der Waals surface area contributed by atoms with Crippen LogP contribution in [0.5, 0.6) is 0 Å². The van der Waals surface area contributed by atoms with E-state index in [1.165, 1.54) is 0 Å². The molecule has 0 spiro atoms. The molecular formula is C5H16O2SSi3. The molecule has 11 heavy (non-hydrogen) atoms.